The van der Waals surface area contributed by atoms with Crippen molar-refractivity contribution in [2.75, 3.05) is 25.0 Å². The van der Waals surface area contributed by atoms with Crippen molar-refractivity contribution in [2.45, 2.75) is 52.6 Å². The molecular weight excluding hydrogens is 292 g/mol. The average Bonchev–Trinajstić information content (AvgIpc) is 2.44. The van der Waals surface area contributed by atoms with E-state index in [0.717, 1.165) is 18.8 Å². The second-order valence-electron chi connectivity index (χ2n) is 6.46. The van der Waals surface area contributed by atoms with Crippen LogP contribution in [0.1, 0.15) is 47.0 Å². The fourth-order valence-corrected chi connectivity index (χ4v) is 1.95. The first kappa shape index (κ1) is 19.3. The Morgan fingerprint density at radius 1 is 1.17 bits per heavy atom. The molecule has 0 atom stereocenters. The van der Waals surface area contributed by atoms with Crippen molar-refractivity contribution < 1.29 is 14.3 Å². The number of rotatable bonds is 9. The second kappa shape index (κ2) is 10.1. The van der Waals surface area contributed by atoms with Crippen LogP contribution in [-0.2, 0) is 4.74 Å². The number of ether oxygens (including phenoxy) is 2. The van der Waals surface area contributed by atoms with E-state index in [1.165, 1.54) is 19.3 Å². The van der Waals surface area contributed by atoms with Gasteiger partial charge in [-0.3, -0.25) is 5.32 Å². The van der Waals surface area contributed by atoms with Gasteiger partial charge in [-0.05, 0) is 45.9 Å². The molecule has 0 aliphatic heterocycles. The summed E-state index contributed by atoms with van der Waals surface area (Å²) in [4.78, 5) is 11.7. The van der Waals surface area contributed by atoms with Crippen molar-refractivity contribution in [2.24, 2.45) is 0 Å². The topological polar surface area (TPSA) is 59.6 Å². The maximum atomic E-state index is 11.7. The van der Waals surface area contributed by atoms with E-state index in [-0.39, 0.29) is 0 Å². The molecule has 0 aliphatic carbocycles. The lowest BCUT2D eigenvalue weighted by atomic mass is 10.2. The first-order valence-corrected chi connectivity index (χ1v) is 8.34. The molecule has 0 aromatic heterocycles. The third kappa shape index (κ3) is 9.79. The van der Waals surface area contributed by atoms with Gasteiger partial charge in [0, 0.05) is 18.3 Å². The van der Waals surface area contributed by atoms with E-state index in [9.17, 15) is 4.79 Å². The standard InChI is InChI=1S/C18H30N2O3/c1-5-6-7-11-19-12-13-22-16-10-8-9-15(14-16)20-17(21)23-18(2,3)4/h8-10,14,19H,5-7,11-13H2,1-4H3,(H,20,21). The SMILES string of the molecule is CCCCCNCCOc1cccc(NC(=O)OC(C)(C)C)c1. The molecule has 1 amide bonds. The molecule has 2 N–H and O–H groups in total. The minimum Gasteiger partial charge on any atom is -0.492 e. The number of hydrogen-bond acceptors (Lipinski definition) is 4. The monoisotopic (exact) mass is 322 g/mol. The van der Waals surface area contributed by atoms with E-state index in [2.05, 4.69) is 17.6 Å². The Bertz CT molecular complexity index is 470. The van der Waals surface area contributed by atoms with Gasteiger partial charge in [0.25, 0.3) is 0 Å². The molecule has 5 nitrogen and oxygen atoms in total. The molecular formula is C18H30N2O3. The van der Waals surface area contributed by atoms with Crippen LogP contribution in [0.3, 0.4) is 0 Å². The molecule has 1 aromatic rings. The summed E-state index contributed by atoms with van der Waals surface area (Å²) in [6, 6.07) is 7.31. The fourth-order valence-electron chi connectivity index (χ4n) is 1.95. The van der Waals surface area contributed by atoms with Crippen LogP contribution in [0.25, 0.3) is 0 Å². The summed E-state index contributed by atoms with van der Waals surface area (Å²) < 4.78 is 10.9. The van der Waals surface area contributed by atoms with E-state index in [4.69, 9.17) is 9.47 Å². The number of carbonyl (C=O) groups is 1. The summed E-state index contributed by atoms with van der Waals surface area (Å²) in [7, 11) is 0. The second-order valence-corrected chi connectivity index (χ2v) is 6.46. The van der Waals surface area contributed by atoms with Crippen molar-refractivity contribution in [3.8, 4) is 5.75 Å². The Morgan fingerprint density at radius 2 is 1.96 bits per heavy atom. The molecule has 0 aliphatic rings. The van der Waals surface area contributed by atoms with Gasteiger partial charge in [0.05, 0.1) is 0 Å². The first-order valence-electron chi connectivity index (χ1n) is 8.34. The molecule has 130 valence electrons. The molecule has 0 spiro atoms. The normalized spacial score (nSPS) is 11.1. The molecule has 1 rings (SSSR count). The number of carbonyl (C=O) groups excluding carboxylic acids is 1. The molecule has 0 radical (unpaired) electrons. The van der Waals surface area contributed by atoms with Crippen LogP contribution in [0.15, 0.2) is 24.3 Å². The van der Waals surface area contributed by atoms with E-state index in [1.807, 2.05) is 32.9 Å². The zero-order valence-electron chi connectivity index (χ0n) is 14.8. The lowest BCUT2D eigenvalue weighted by Crippen LogP contribution is -2.27. The van der Waals surface area contributed by atoms with Crippen LogP contribution in [0.4, 0.5) is 10.5 Å². The van der Waals surface area contributed by atoms with Gasteiger partial charge < -0.3 is 14.8 Å². The molecule has 0 heterocycles. The third-order valence-electron chi connectivity index (χ3n) is 2.98. The Morgan fingerprint density at radius 3 is 2.65 bits per heavy atom. The fraction of sp³-hybridized carbons (Fsp3) is 0.611. The molecule has 0 saturated heterocycles. The number of benzene rings is 1. The summed E-state index contributed by atoms with van der Waals surface area (Å²) in [5.74, 6) is 0.730. The quantitative estimate of drug-likeness (QED) is 0.669. The van der Waals surface area contributed by atoms with Gasteiger partial charge in [0.2, 0.25) is 0 Å². The number of nitrogens with one attached hydrogen (secondary N) is 2. The van der Waals surface area contributed by atoms with Crippen LogP contribution < -0.4 is 15.4 Å². The number of amides is 1. The number of hydrogen-bond donors (Lipinski definition) is 2. The maximum Gasteiger partial charge on any atom is 0.412 e. The molecule has 0 unspecified atom stereocenters. The van der Waals surface area contributed by atoms with E-state index in [1.54, 1.807) is 12.1 Å². The molecule has 23 heavy (non-hydrogen) atoms. The lowest BCUT2D eigenvalue weighted by molar-refractivity contribution is 0.0636. The predicted molar refractivity (Wildman–Crippen MR) is 94.2 cm³/mol. The summed E-state index contributed by atoms with van der Waals surface area (Å²) in [6.45, 7) is 10.1. The zero-order valence-corrected chi connectivity index (χ0v) is 14.8. The molecule has 0 bridgehead atoms. The van der Waals surface area contributed by atoms with Gasteiger partial charge in [-0.15, -0.1) is 0 Å². The minimum absolute atomic E-state index is 0.466. The van der Waals surface area contributed by atoms with Gasteiger partial charge in [0.15, 0.2) is 0 Å². The van der Waals surface area contributed by atoms with Gasteiger partial charge in [-0.1, -0.05) is 25.8 Å². The van der Waals surface area contributed by atoms with Crippen molar-refractivity contribution >= 4 is 11.8 Å². The van der Waals surface area contributed by atoms with Crippen LogP contribution in [0.2, 0.25) is 0 Å². The third-order valence-corrected chi connectivity index (χ3v) is 2.98. The lowest BCUT2D eigenvalue weighted by Gasteiger charge is -2.19. The van der Waals surface area contributed by atoms with Crippen molar-refractivity contribution in [1.82, 2.24) is 5.32 Å². The van der Waals surface area contributed by atoms with Gasteiger partial charge >= 0.3 is 6.09 Å². The summed E-state index contributed by atoms with van der Waals surface area (Å²) in [6.07, 6.45) is 3.22. The number of anilines is 1. The van der Waals surface area contributed by atoms with E-state index < -0.39 is 11.7 Å². The zero-order chi connectivity index (χ0) is 17.1. The predicted octanol–water partition coefficient (Wildman–Crippen LogP) is 4.19. The van der Waals surface area contributed by atoms with Crippen LogP contribution in [0.5, 0.6) is 5.75 Å². The molecule has 1 aromatic carbocycles. The van der Waals surface area contributed by atoms with Crippen molar-refractivity contribution in [3.63, 3.8) is 0 Å². The largest absolute Gasteiger partial charge is 0.492 e. The van der Waals surface area contributed by atoms with E-state index >= 15 is 0 Å². The van der Waals surface area contributed by atoms with Crippen molar-refractivity contribution in [3.05, 3.63) is 24.3 Å². The van der Waals surface area contributed by atoms with Crippen molar-refractivity contribution in [1.29, 1.82) is 0 Å². The molecule has 0 saturated carbocycles. The van der Waals surface area contributed by atoms with Gasteiger partial charge in [0.1, 0.15) is 18.0 Å². The Hall–Kier alpha value is -1.75. The van der Waals surface area contributed by atoms with Crippen LogP contribution in [0, 0.1) is 0 Å². The molecule has 0 fully saturated rings. The highest BCUT2D eigenvalue weighted by molar-refractivity contribution is 5.85. The maximum absolute atomic E-state index is 11.7. The first-order chi connectivity index (χ1) is 10.9. The van der Waals surface area contributed by atoms with Gasteiger partial charge in [-0.2, -0.15) is 0 Å². The Kier molecular flexibility index (Phi) is 8.48. The summed E-state index contributed by atoms with van der Waals surface area (Å²) >= 11 is 0. The molecule has 5 heteroatoms. The van der Waals surface area contributed by atoms with Gasteiger partial charge in [-0.25, -0.2) is 4.79 Å². The summed E-state index contributed by atoms with van der Waals surface area (Å²) in [5.41, 5.74) is 0.148. The highest BCUT2D eigenvalue weighted by atomic mass is 16.6. The Balaban J connectivity index is 2.31. The average molecular weight is 322 g/mol. The smallest absolute Gasteiger partial charge is 0.412 e. The minimum atomic E-state index is -0.512. The summed E-state index contributed by atoms with van der Waals surface area (Å²) in [5, 5.41) is 6.06. The number of unbranched alkanes of at least 4 members (excludes halogenated alkanes) is 2. The van der Waals surface area contributed by atoms with E-state index in [0.29, 0.717) is 12.3 Å². The highest BCUT2D eigenvalue weighted by Crippen LogP contribution is 2.18. The van der Waals surface area contributed by atoms with Crippen LogP contribution >= 0.6 is 0 Å². The highest BCUT2D eigenvalue weighted by Gasteiger charge is 2.16. The Labute approximate surface area is 139 Å². The van der Waals surface area contributed by atoms with Crippen LogP contribution in [-0.4, -0.2) is 31.4 Å².